The molecule has 4 aromatic rings. The van der Waals surface area contributed by atoms with E-state index in [1.165, 1.54) is 18.0 Å². The zero-order valence-corrected chi connectivity index (χ0v) is 16.5. The Labute approximate surface area is 161 Å². The molecule has 0 aliphatic carbocycles. The molecule has 8 heteroatoms. The maximum Gasteiger partial charge on any atom is 0.265 e. The van der Waals surface area contributed by atoms with Crippen LogP contribution in [0, 0.1) is 6.92 Å². The summed E-state index contributed by atoms with van der Waals surface area (Å²) in [6, 6.07) is 13.4. The molecule has 4 rings (SSSR count). The molecule has 0 unspecified atom stereocenters. The monoisotopic (exact) mass is 398 g/mol. The van der Waals surface area contributed by atoms with Crippen molar-refractivity contribution in [2.75, 3.05) is 4.72 Å². The van der Waals surface area contributed by atoms with Crippen LogP contribution in [-0.4, -0.2) is 23.2 Å². The van der Waals surface area contributed by atoms with Crippen LogP contribution < -0.4 is 4.72 Å². The van der Waals surface area contributed by atoms with Crippen molar-refractivity contribution in [3.8, 4) is 10.6 Å². The molecule has 0 radical (unpaired) electrons. The zero-order chi connectivity index (χ0) is 19.0. The smallest absolute Gasteiger partial charge is 0.265 e. The van der Waals surface area contributed by atoms with Gasteiger partial charge in [-0.3, -0.25) is 9.40 Å². The van der Waals surface area contributed by atoms with Crippen LogP contribution in [0.15, 0.2) is 59.8 Å². The van der Waals surface area contributed by atoms with Gasteiger partial charge in [0.15, 0.2) is 0 Å². The summed E-state index contributed by atoms with van der Waals surface area (Å²) in [5.74, 6) is 0. The summed E-state index contributed by atoms with van der Waals surface area (Å²) in [7, 11) is -3.65. The van der Waals surface area contributed by atoms with Gasteiger partial charge in [-0.1, -0.05) is 6.07 Å². The number of anilines is 1. The molecular formula is C19H18N4O2S2. The minimum Gasteiger partial charge on any atom is -0.280 e. The molecule has 6 nitrogen and oxygen atoms in total. The van der Waals surface area contributed by atoms with Crippen LogP contribution in [-0.2, 0) is 16.6 Å². The molecule has 0 aliphatic rings. The standard InChI is InChI=1S/C19H18N4O2S2/c1-3-23-12-16(11-20-23)27(24,25)22-15-7-5-14(6-8-15)19-21-17-9-4-13(2)10-18(17)26-19/h4-12,22H,3H2,1-2H3. The van der Waals surface area contributed by atoms with Crippen LogP contribution in [0.4, 0.5) is 5.69 Å². The molecule has 0 saturated heterocycles. The minimum atomic E-state index is -3.65. The van der Waals surface area contributed by atoms with Crippen molar-refractivity contribution in [2.24, 2.45) is 0 Å². The van der Waals surface area contributed by atoms with E-state index in [1.54, 1.807) is 28.2 Å². The first-order valence-corrected chi connectivity index (χ1v) is 10.8. The summed E-state index contributed by atoms with van der Waals surface area (Å²) in [5.41, 5.74) is 3.63. The summed E-state index contributed by atoms with van der Waals surface area (Å²) in [6.45, 7) is 4.58. The van der Waals surface area contributed by atoms with E-state index in [1.807, 2.05) is 31.2 Å². The normalized spacial score (nSPS) is 11.8. The first-order valence-electron chi connectivity index (χ1n) is 8.47. The maximum atomic E-state index is 12.5. The second-order valence-electron chi connectivity index (χ2n) is 6.20. The highest BCUT2D eigenvalue weighted by atomic mass is 32.2. The van der Waals surface area contributed by atoms with Crippen molar-refractivity contribution < 1.29 is 8.42 Å². The van der Waals surface area contributed by atoms with Crippen LogP contribution in [0.25, 0.3) is 20.8 Å². The zero-order valence-electron chi connectivity index (χ0n) is 14.9. The first kappa shape index (κ1) is 17.7. The summed E-state index contributed by atoms with van der Waals surface area (Å²) >= 11 is 1.62. The Balaban J connectivity index is 1.57. The van der Waals surface area contributed by atoms with Crippen LogP contribution in [0.3, 0.4) is 0 Å². The number of hydrogen-bond acceptors (Lipinski definition) is 5. The Hall–Kier alpha value is -2.71. The average molecular weight is 399 g/mol. The number of fused-ring (bicyclic) bond motifs is 1. The van der Waals surface area contributed by atoms with Gasteiger partial charge in [0.2, 0.25) is 0 Å². The van der Waals surface area contributed by atoms with Gasteiger partial charge in [-0.25, -0.2) is 13.4 Å². The Bertz CT molecular complexity index is 1210. The van der Waals surface area contributed by atoms with Gasteiger partial charge in [0, 0.05) is 24.0 Å². The molecule has 0 spiro atoms. The summed E-state index contributed by atoms with van der Waals surface area (Å²) in [4.78, 5) is 4.81. The fourth-order valence-corrected chi connectivity index (χ4v) is 4.79. The predicted octanol–water partition coefficient (Wildman–Crippen LogP) is 4.29. The second kappa shape index (κ2) is 6.79. The van der Waals surface area contributed by atoms with E-state index < -0.39 is 10.0 Å². The lowest BCUT2D eigenvalue weighted by Crippen LogP contribution is -2.12. The van der Waals surface area contributed by atoms with Gasteiger partial charge in [0.05, 0.1) is 16.4 Å². The van der Waals surface area contributed by atoms with Gasteiger partial charge in [0.1, 0.15) is 9.90 Å². The molecule has 2 aromatic heterocycles. The van der Waals surface area contributed by atoms with Gasteiger partial charge in [-0.2, -0.15) is 5.10 Å². The van der Waals surface area contributed by atoms with Gasteiger partial charge in [-0.05, 0) is 55.8 Å². The summed E-state index contributed by atoms with van der Waals surface area (Å²) < 4.78 is 30.2. The van der Waals surface area contributed by atoms with E-state index in [9.17, 15) is 8.42 Å². The van der Waals surface area contributed by atoms with Crippen molar-refractivity contribution in [1.29, 1.82) is 0 Å². The Morgan fingerprint density at radius 1 is 1.15 bits per heavy atom. The van der Waals surface area contributed by atoms with Crippen molar-refractivity contribution in [1.82, 2.24) is 14.8 Å². The van der Waals surface area contributed by atoms with Crippen molar-refractivity contribution in [3.63, 3.8) is 0 Å². The van der Waals surface area contributed by atoms with Gasteiger partial charge >= 0.3 is 0 Å². The van der Waals surface area contributed by atoms with Crippen molar-refractivity contribution >= 4 is 37.3 Å². The third-order valence-corrected chi connectivity index (χ3v) is 6.57. The number of nitrogens with one attached hydrogen (secondary N) is 1. The molecule has 0 bridgehead atoms. The van der Waals surface area contributed by atoms with Crippen LogP contribution >= 0.6 is 11.3 Å². The van der Waals surface area contributed by atoms with Crippen LogP contribution in [0.1, 0.15) is 12.5 Å². The van der Waals surface area contributed by atoms with E-state index in [4.69, 9.17) is 0 Å². The van der Waals surface area contributed by atoms with Crippen LogP contribution in [0.2, 0.25) is 0 Å². The SMILES string of the molecule is CCn1cc(S(=O)(=O)Nc2ccc(-c3nc4ccc(C)cc4s3)cc2)cn1. The Kier molecular flexibility index (Phi) is 4.45. The van der Waals surface area contributed by atoms with Gasteiger partial charge < -0.3 is 0 Å². The lowest BCUT2D eigenvalue weighted by molar-refractivity contribution is 0.600. The maximum absolute atomic E-state index is 12.5. The van der Waals surface area contributed by atoms with E-state index >= 15 is 0 Å². The molecular weight excluding hydrogens is 380 g/mol. The fourth-order valence-electron chi connectivity index (χ4n) is 2.71. The summed E-state index contributed by atoms with van der Waals surface area (Å²) in [6.07, 6.45) is 2.86. The number of hydrogen-bond donors (Lipinski definition) is 1. The van der Waals surface area contributed by atoms with E-state index in [0.29, 0.717) is 12.2 Å². The number of aromatic nitrogens is 3. The largest absolute Gasteiger partial charge is 0.280 e. The lowest BCUT2D eigenvalue weighted by Gasteiger charge is -2.06. The number of nitrogens with zero attached hydrogens (tertiary/aromatic N) is 3. The summed E-state index contributed by atoms with van der Waals surface area (Å²) in [5, 5.41) is 4.93. The third kappa shape index (κ3) is 3.58. The topological polar surface area (TPSA) is 76.9 Å². The molecule has 0 saturated carbocycles. The van der Waals surface area contributed by atoms with Gasteiger partial charge in [0.25, 0.3) is 10.0 Å². The van der Waals surface area contributed by atoms with Gasteiger partial charge in [-0.15, -0.1) is 11.3 Å². The molecule has 1 N–H and O–H groups in total. The predicted molar refractivity (Wildman–Crippen MR) is 109 cm³/mol. The molecule has 2 aromatic carbocycles. The molecule has 0 aliphatic heterocycles. The molecule has 27 heavy (non-hydrogen) atoms. The third-order valence-electron chi connectivity index (χ3n) is 4.17. The number of sulfonamides is 1. The highest BCUT2D eigenvalue weighted by molar-refractivity contribution is 7.92. The van der Waals surface area contributed by atoms with E-state index in [2.05, 4.69) is 27.8 Å². The van der Waals surface area contributed by atoms with Crippen LogP contribution in [0.5, 0.6) is 0 Å². The first-order chi connectivity index (χ1) is 12.9. The van der Waals surface area contributed by atoms with Crippen molar-refractivity contribution in [3.05, 3.63) is 60.4 Å². The molecule has 0 atom stereocenters. The number of benzene rings is 2. The molecule has 0 amide bonds. The highest BCUT2D eigenvalue weighted by Crippen LogP contribution is 2.31. The minimum absolute atomic E-state index is 0.148. The Morgan fingerprint density at radius 3 is 2.63 bits per heavy atom. The Morgan fingerprint density at radius 2 is 1.93 bits per heavy atom. The number of rotatable bonds is 5. The second-order valence-corrected chi connectivity index (χ2v) is 8.92. The molecule has 0 fully saturated rings. The lowest BCUT2D eigenvalue weighted by atomic mass is 10.2. The number of thiazole rings is 1. The number of aryl methyl sites for hydroxylation is 2. The molecule has 138 valence electrons. The fraction of sp³-hybridized carbons (Fsp3) is 0.158. The molecule has 2 heterocycles. The average Bonchev–Trinajstić information content (AvgIpc) is 3.29. The van der Waals surface area contributed by atoms with E-state index in [-0.39, 0.29) is 4.90 Å². The van der Waals surface area contributed by atoms with Crippen molar-refractivity contribution in [2.45, 2.75) is 25.3 Å². The quantitative estimate of drug-likeness (QED) is 0.544. The van der Waals surface area contributed by atoms with E-state index in [0.717, 1.165) is 20.8 Å². The highest BCUT2D eigenvalue weighted by Gasteiger charge is 2.16.